The minimum atomic E-state index is 0.119. The molecule has 1 heterocycles. The van der Waals surface area contributed by atoms with Crippen LogP contribution < -0.4 is 5.32 Å². The highest BCUT2D eigenvalue weighted by atomic mass is 16.4. The number of benzene rings is 1. The molecule has 0 fully saturated rings. The van der Waals surface area contributed by atoms with E-state index in [1.54, 1.807) is 0 Å². The Hall–Kier alpha value is -1.68. The van der Waals surface area contributed by atoms with Crippen molar-refractivity contribution in [2.24, 2.45) is 0 Å². The first-order valence-electron chi connectivity index (χ1n) is 7.55. The van der Waals surface area contributed by atoms with Crippen LogP contribution in [0.4, 0.5) is 0 Å². The lowest BCUT2D eigenvalue weighted by molar-refractivity contribution is 0.401. The third kappa shape index (κ3) is 5.31. The Balaban J connectivity index is 1.82. The molecule has 0 spiro atoms. The summed E-state index contributed by atoms with van der Waals surface area (Å²) >= 11 is 0. The van der Waals surface area contributed by atoms with Crippen LogP contribution in [-0.4, -0.2) is 22.3 Å². The fourth-order valence-electron chi connectivity index (χ4n) is 2.17. The maximum atomic E-state index is 5.70. The second-order valence-electron chi connectivity index (χ2n) is 6.44. The predicted octanol–water partition coefficient (Wildman–Crippen LogP) is 3.09. The zero-order chi connectivity index (χ0) is 15.3. The molecule has 0 aliphatic heterocycles. The van der Waals surface area contributed by atoms with E-state index in [1.807, 2.05) is 0 Å². The van der Waals surface area contributed by atoms with E-state index >= 15 is 0 Å². The van der Waals surface area contributed by atoms with Gasteiger partial charge in [0.25, 0.3) is 0 Å². The van der Waals surface area contributed by atoms with Crippen LogP contribution in [0, 0.1) is 6.92 Å². The number of hydrogen-bond donors (Lipinski definition) is 1. The van der Waals surface area contributed by atoms with Gasteiger partial charge in [-0.05, 0) is 45.2 Å². The molecule has 114 valence electrons. The van der Waals surface area contributed by atoms with E-state index in [2.05, 4.69) is 67.5 Å². The maximum absolute atomic E-state index is 5.70. The first kappa shape index (κ1) is 15.7. The Morgan fingerprint density at radius 1 is 1.00 bits per heavy atom. The summed E-state index contributed by atoms with van der Waals surface area (Å²) in [5, 5.41) is 11.7. The van der Waals surface area contributed by atoms with E-state index in [9.17, 15) is 0 Å². The van der Waals surface area contributed by atoms with E-state index in [1.165, 1.54) is 11.1 Å². The fraction of sp³-hybridized carbons (Fsp3) is 0.529. The molecule has 0 unspecified atom stereocenters. The van der Waals surface area contributed by atoms with Crippen molar-refractivity contribution < 1.29 is 4.42 Å². The number of aryl methyl sites for hydroxylation is 3. The van der Waals surface area contributed by atoms with Crippen molar-refractivity contribution in [1.29, 1.82) is 0 Å². The molecule has 1 aromatic heterocycles. The van der Waals surface area contributed by atoms with Gasteiger partial charge in [0.15, 0.2) is 0 Å². The average molecular weight is 287 g/mol. The minimum absolute atomic E-state index is 0.119. The van der Waals surface area contributed by atoms with Crippen molar-refractivity contribution in [2.75, 3.05) is 6.54 Å². The van der Waals surface area contributed by atoms with Crippen molar-refractivity contribution in [3.63, 3.8) is 0 Å². The standard InChI is InChI=1S/C17H25N3O/c1-13-7-5-6-8-14(13)9-10-15-19-20-16(21-15)11-12-18-17(2,3)4/h5-8,18H,9-12H2,1-4H3. The van der Waals surface area contributed by atoms with Gasteiger partial charge in [-0.25, -0.2) is 0 Å². The summed E-state index contributed by atoms with van der Waals surface area (Å²) in [4.78, 5) is 0. The van der Waals surface area contributed by atoms with E-state index < -0.39 is 0 Å². The van der Waals surface area contributed by atoms with Gasteiger partial charge in [-0.2, -0.15) is 0 Å². The smallest absolute Gasteiger partial charge is 0.217 e. The largest absolute Gasteiger partial charge is 0.425 e. The van der Waals surface area contributed by atoms with E-state index in [4.69, 9.17) is 4.42 Å². The quantitative estimate of drug-likeness (QED) is 0.887. The van der Waals surface area contributed by atoms with Crippen LogP contribution in [0.5, 0.6) is 0 Å². The Bertz CT molecular complexity index is 569. The van der Waals surface area contributed by atoms with Gasteiger partial charge >= 0.3 is 0 Å². The van der Waals surface area contributed by atoms with Crippen LogP contribution in [0.15, 0.2) is 28.7 Å². The Morgan fingerprint density at radius 3 is 2.33 bits per heavy atom. The summed E-state index contributed by atoms with van der Waals surface area (Å²) in [5.41, 5.74) is 2.77. The van der Waals surface area contributed by atoms with Gasteiger partial charge in [0, 0.05) is 24.9 Å². The Kier molecular flexibility index (Phi) is 5.12. The van der Waals surface area contributed by atoms with Crippen LogP contribution in [0.25, 0.3) is 0 Å². The number of nitrogens with one attached hydrogen (secondary N) is 1. The second-order valence-corrected chi connectivity index (χ2v) is 6.44. The summed E-state index contributed by atoms with van der Waals surface area (Å²) in [5.74, 6) is 1.44. The molecule has 0 saturated carbocycles. The number of nitrogens with zero attached hydrogens (tertiary/aromatic N) is 2. The average Bonchev–Trinajstić information content (AvgIpc) is 2.84. The number of rotatable bonds is 6. The Labute approximate surface area is 127 Å². The van der Waals surface area contributed by atoms with Crippen LogP contribution in [0.1, 0.15) is 43.7 Å². The molecule has 2 aromatic rings. The van der Waals surface area contributed by atoms with E-state index in [0.717, 1.165) is 31.7 Å². The molecule has 0 aliphatic carbocycles. The summed E-state index contributed by atoms with van der Waals surface area (Å²) in [7, 11) is 0. The fourth-order valence-corrected chi connectivity index (χ4v) is 2.17. The molecule has 1 N–H and O–H groups in total. The van der Waals surface area contributed by atoms with Gasteiger partial charge in [0.2, 0.25) is 11.8 Å². The normalized spacial score (nSPS) is 11.8. The zero-order valence-electron chi connectivity index (χ0n) is 13.4. The third-order valence-corrected chi connectivity index (χ3v) is 3.37. The summed E-state index contributed by atoms with van der Waals surface area (Å²) in [6, 6.07) is 8.41. The highest BCUT2D eigenvalue weighted by molar-refractivity contribution is 5.25. The molecule has 0 aliphatic rings. The summed E-state index contributed by atoms with van der Waals surface area (Å²) < 4.78 is 5.70. The van der Waals surface area contributed by atoms with Crippen LogP contribution in [0.3, 0.4) is 0 Å². The Morgan fingerprint density at radius 2 is 1.67 bits per heavy atom. The lowest BCUT2D eigenvalue weighted by Crippen LogP contribution is -2.37. The molecule has 4 heteroatoms. The van der Waals surface area contributed by atoms with Gasteiger partial charge in [-0.1, -0.05) is 24.3 Å². The van der Waals surface area contributed by atoms with E-state index in [-0.39, 0.29) is 5.54 Å². The van der Waals surface area contributed by atoms with Gasteiger partial charge in [0.05, 0.1) is 0 Å². The predicted molar refractivity (Wildman–Crippen MR) is 84.3 cm³/mol. The minimum Gasteiger partial charge on any atom is -0.425 e. The van der Waals surface area contributed by atoms with Gasteiger partial charge in [-0.15, -0.1) is 10.2 Å². The second kappa shape index (κ2) is 6.85. The van der Waals surface area contributed by atoms with Crippen LogP contribution in [0.2, 0.25) is 0 Å². The molecule has 1 aromatic carbocycles. The first-order chi connectivity index (χ1) is 9.94. The molecule has 2 rings (SSSR count). The summed E-state index contributed by atoms with van der Waals surface area (Å²) in [6.45, 7) is 9.42. The van der Waals surface area contributed by atoms with Crippen LogP contribution in [-0.2, 0) is 19.3 Å². The maximum Gasteiger partial charge on any atom is 0.217 e. The lowest BCUT2D eigenvalue weighted by atomic mass is 10.0. The molecule has 4 nitrogen and oxygen atoms in total. The first-order valence-corrected chi connectivity index (χ1v) is 7.55. The SMILES string of the molecule is Cc1ccccc1CCc1nnc(CCNC(C)(C)C)o1. The molecular formula is C17H25N3O. The molecule has 0 amide bonds. The molecule has 0 bridgehead atoms. The van der Waals surface area contributed by atoms with Crippen molar-refractivity contribution in [3.8, 4) is 0 Å². The number of hydrogen-bond acceptors (Lipinski definition) is 4. The van der Waals surface area contributed by atoms with Crippen molar-refractivity contribution in [3.05, 3.63) is 47.2 Å². The van der Waals surface area contributed by atoms with Gasteiger partial charge in [0.1, 0.15) is 0 Å². The number of aromatic nitrogens is 2. The topological polar surface area (TPSA) is 51.0 Å². The van der Waals surface area contributed by atoms with Gasteiger partial charge < -0.3 is 9.73 Å². The molecule has 21 heavy (non-hydrogen) atoms. The van der Waals surface area contributed by atoms with Gasteiger partial charge in [-0.3, -0.25) is 0 Å². The zero-order valence-corrected chi connectivity index (χ0v) is 13.4. The lowest BCUT2D eigenvalue weighted by Gasteiger charge is -2.19. The monoisotopic (exact) mass is 287 g/mol. The molecule has 0 saturated heterocycles. The third-order valence-electron chi connectivity index (χ3n) is 3.37. The van der Waals surface area contributed by atoms with E-state index in [0.29, 0.717) is 5.89 Å². The molecule has 0 atom stereocenters. The molecular weight excluding hydrogens is 262 g/mol. The highest BCUT2D eigenvalue weighted by Crippen LogP contribution is 2.11. The van der Waals surface area contributed by atoms with Crippen molar-refractivity contribution in [2.45, 2.75) is 52.5 Å². The molecule has 0 radical (unpaired) electrons. The van der Waals surface area contributed by atoms with Crippen LogP contribution >= 0.6 is 0 Å². The highest BCUT2D eigenvalue weighted by Gasteiger charge is 2.10. The van der Waals surface area contributed by atoms with Crippen molar-refractivity contribution in [1.82, 2.24) is 15.5 Å². The summed E-state index contributed by atoms with van der Waals surface area (Å²) in [6.07, 6.45) is 2.51. The van der Waals surface area contributed by atoms with Crippen molar-refractivity contribution >= 4 is 0 Å².